The van der Waals surface area contributed by atoms with E-state index in [0.29, 0.717) is 16.3 Å². The fraction of sp³-hybridized carbons (Fsp3) is 0.192. The molecule has 174 valence electrons. The van der Waals surface area contributed by atoms with E-state index in [-0.39, 0.29) is 6.54 Å². The minimum Gasteiger partial charge on any atom is -0.497 e. The van der Waals surface area contributed by atoms with Crippen molar-refractivity contribution in [1.29, 1.82) is 0 Å². The fourth-order valence-corrected chi connectivity index (χ4v) is 4.65. The third-order valence-corrected chi connectivity index (χ3v) is 6.51. The van der Waals surface area contributed by atoms with Crippen LogP contribution in [0.4, 0.5) is 10.5 Å². The predicted octanol–water partition coefficient (Wildman–Crippen LogP) is 5.09. The highest BCUT2D eigenvalue weighted by Gasteiger charge is 2.36. The first kappa shape index (κ1) is 23.4. The monoisotopic (exact) mass is 475 g/mol. The van der Waals surface area contributed by atoms with Gasteiger partial charge in [0.2, 0.25) is 5.91 Å². The van der Waals surface area contributed by atoms with E-state index in [0.717, 1.165) is 39.3 Å². The Kier molecular flexibility index (Phi) is 6.61. The number of aryl methyl sites for hydroxylation is 2. The molecular weight excluding hydrogens is 450 g/mol. The fourth-order valence-electron chi connectivity index (χ4n) is 3.82. The molecule has 4 rings (SSSR count). The minimum atomic E-state index is -0.472. The molecule has 1 fully saturated rings. The number of hydrogen-bond donors (Lipinski definition) is 1. The number of nitrogens with zero attached hydrogens (tertiary/aromatic N) is 2. The number of thioether (sulfide) groups is 1. The highest BCUT2D eigenvalue weighted by Crippen LogP contribution is 2.33. The molecule has 0 saturated carbocycles. The van der Waals surface area contributed by atoms with Crippen LogP contribution in [-0.2, 0) is 9.59 Å². The molecular formula is C26H25N3O4S. The smallest absolute Gasteiger partial charge is 0.294 e. The first-order chi connectivity index (χ1) is 16.3. The molecule has 1 aliphatic heterocycles. The van der Waals surface area contributed by atoms with E-state index in [1.165, 1.54) is 5.56 Å². The number of methoxy groups -OCH3 is 1. The van der Waals surface area contributed by atoms with Crippen LogP contribution in [0.25, 0.3) is 11.8 Å². The Morgan fingerprint density at radius 3 is 2.35 bits per heavy atom. The molecule has 1 aromatic heterocycles. The van der Waals surface area contributed by atoms with Gasteiger partial charge in [0, 0.05) is 22.8 Å². The van der Waals surface area contributed by atoms with Gasteiger partial charge >= 0.3 is 0 Å². The summed E-state index contributed by atoms with van der Waals surface area (Å²) in [6.07, 6.45) is 1.72. The number of rotatable bonds is 6. The Hall–Kier alpha value is -3.78. The zero-order chi connectivity index (χ0) is 24.4. The molecule has 8 heteroatoms. The number of hydrogen-bond acceptors (Lipinski definition) is 5. The number of nitrogens with one attached hydrogen (secondary N) is 1. The van der Waals surface area contributed by atoms with Crippen LogP contribution in [0.5, 0.6) is 5.75 Å². The third kappa shape index (κ3) is 4.77. The molecule has 2 heterocycles. The second kappa shape index (κ2) is 9.61. The Morgan fingerprint density at radius 2 is 1.71 bits per heavy atom. The SMILES string of the molecule is COc1ccc(NC(=O)CN2C(=O)S/C(=C\c3cc(C)n(-c4ccc(C)cc4)c3C)C2=O)cc1. The van der Waals surface area contributed by atoms with Crippen LogP contribution in [0.3, 0.4) is 0 Å². The maximum absolute atomic E-state index is 12.9. The van der Waals surface area contributed by atoms with Gasteiger partial charge in [0.1, 0.15) is 12.3 Å². The van der Waals surface area contributed by atoms with Gasteiger partial charge in [-0.15, -0.1) is 0 Å². The van der Waals surface area contributed by atoms with Crippen molar-refractivity contribution in [3.05, 3.63) is 82.0 Å². The summed E-state index contributed by atoms with van der Waals surface area (Å²) in [5.41, 5.74) is 5.60. The molecule has 0 aliphatic carbocycles. The van der Waals surface area contributed by atoms with Crippen molar-refractivity contribution >= 4 is 40.6 Å². The number of carbonyl (C=O) groups excluding carboxylic acids is 3. The van der Waals surface area contributed by atoms with Crippen molar-refractivity contribution in [2.45, 2.75) is 20.8 Å². The summed E-state index contributed by atoms with van der Waals surface area (Å²) in [6.45, 7) is 5.67. The molecule has 1 N–H and O–H groups in total. The molecule has 2 aromatic carbocycles. The Labute approximate surface area is 202 Å². The third-order valence-electron chi connectivity index (χ3n) is 5.60. The quantitative estimate of drug-likeness (QED) is 0.503. The maximum atomic E-state index is 12.9. The van der Waals surface area contributed by atoms with Crippen LogP contribution >= 0.6 is 11.8 Å². The number of amides is 3. The van der Waals surface area contributed by atoms with E-state index in [1.54, 1.807) is 37.5 Å². The molecule has 3 aromatic rings. The standard InChI is InChI=1S/C26H25N3O4S/c1-16-5-9-21(10-6-16)29-17(2)13-19(18(29)3)14-23-25(31)28(26(32)34-23)15-24(30)27-20-7-11-22(33-4)12-8-20/h5-14H,15H2,1-4H3,(H,27,30)/b23-14-. The lowest BCUT2D eigenvalue weighted by Crippen LogP contribution is -2.36. The number of benzene rings is 2. The van der Waals surface area contributed by atoms with Gasteiger partial charge in [-0.05, 0) is 86.6 Å². The highest BCUT2D eigenvalue weighted by molar-refractivity contribution is 8.18. The first-order valence-electron chi connectivity index (χ1n) is 10.7. The number of ether oxygens (including phenoxy) is 1. The zero-order valence-electron chi connectivity index (χ0n) is 19.4. The minimum absolute atomic E-state index is 0.298. The van der Waals surface area contributed by atoms with Crippen molar-refractivity contribution in [3.63, 3.8) is 0 Å². The lowest BCUT2D eigenvalue weighted by atomic mass is 10.2. The summed E-state index contributed by atoms with van der Waals surface area (Å²) in [5, 5.41) is 2.23. The average Bonchev–Trinajstić information content (AvgIpc) is 3.24. The van der Waals surface area contributed by atoms with Gasteiger partial charge in [-0.3, -0.25) is 19.3 Å². The zero-order valence-corrected chi connectivity index (χ0v) is 20.2. The Balaban J connectivity index is 1.50. The van der Waals surface area contributed by atoms with Gasteiger partial charge in [0.15, 0.2) is 0 Å². The summed E-state index contributed by atoms with van der Waals surface area (Å²) in [6, 6.07) is 17.0. The van der Waals surface area contributed by atoms with Gasteiger partial charge in [0.05, 0.1) is 12.0 Å². The van der Waals surface area contributed by atoms with Gasteiger partial charge in [-0.25, -0.2) is 0 Å². The van der Waals surface area contributed by atoms with Crippen LogP contribution in [0.15, 0.2) is 59.5 Å². The molecule has 0 spiro atoms. The van der Waals surface area contributed by atoms with Crippen LogP contribution in [-0.4, -0.2) is 40.2 Å². The molecule has 1 aliphatic rings. The van der Waals surface area contributed by atoms with Crippen LogP contribution in [0, 0.1) is 20.8 Å². The number of imide groups is 1. The summed E-state index contributed by atoms with van der Waals surface area (Å²) in [4.78, 5) is 39.1. The van der Waals surface area contributed by atoms with Crippen LogP contribution < -0.4 is 10.1 Å². The van der Waals surface area contributed by atoms with Gasteiger partial charge in [0.25, 0.3) is 11.1 Å². The summed E-state index contributed by atoms with van der Waals surface area (Å²) in [7, 11) is 1.56. The first-order valence-corrected chi connectivity index (χ1v) is 11.5. The topological polar surface area (TPSA) is 80.6 Å². The molecule has 0 bridgehead atoms. The van der Waals surface area contributed by atoms with Gasteiger partial charge in [-0.1, -0.05) is 17.7 Å². The van der Waals surface area contributed by atoms with E-state index < -0.39 is 17.1 Å². The van der Waals surface area contributed by atoms with E-state index in [2.05, 4.69) is 34.1 Å². The van der Waals surface area contributed by atoms with E-state index in [4.69, 9.17) is 4.74 Å². The molecule has 3 amide bonds. The predicted molar refractivity (Wildman–Crippen MR) is 134 cm³/mol. The largest absolute Gasteiger partial charge is 0.497 e. The summed E-state index contributed by atoms with van der Waals surface area (Å²) >= 11 is 0.844. The van der Waals surface area contributed by atoms with Crippen LogP contribution in [0.1, 0.15) is 22.5 Å². The molecule has 34 heavy (non-hydrogen) atoms. The Bertz CT molecular complexity index is 1290. The van der Waals surface area contributed by atoms with E-state index in [1.807, 2.05) is 26.8 Å². The Morgan fingerprint density at radius 1 is 1.03 bits per heavy atom. The lowest BCUT2D eigenvalue weighted by molar-refractivity contribution is -0.127. The van der Waals surface area contributed by atoms with Crippen molar-refractivity contribution in [2.75, 3.05) is 19.0 Å². The molecule has 1 saturated heterocycles. The van der Waals surface area contributed by atoms with Crippen LogP contribution in [0.2, 0.25) is 0 Å². The second-order valence-electron chi connectivity index (χ2n) is 8.04. The number of anilines is 1. The van der Waals surface area contributed by atoms with Crippen molar-refractivity contribution in [1.82, 2.24) is 9.47 Å². The average molecular weight is 476 g/mol. The normalized spacial score (nSPS) is 14.7. The van der Waals surface area contributed by atoms with Crippen molar-refractivity contribution in [3.8, 4) is 11.4 Å². The van der Waals surface area contributed by atoms with Gasteiger partial charge in [-0.2, -0.15) is 0 Å². The molecule has 0 atom stereocenters. The summed E-state index contributed by atoms with van der Waals surface area (Å²) in [5.74, 6) is -0.262. The van der Waals surface area contributed by atoms with Crippen molar-refractivity contribution in [2.24, 2.45) is 0 Å². The highest BCUT2D eigenvalue weighted by atomic mass is 32.2. The number of carbonyl (C=O) groups is 3. The van der Waals surface area contributed by atoms with Gasteiger partial charge < -0.3 is 14.6 Å². The maximum Gasteiger partial charge on any atom is 0.294 e. The second-order valence-corrected chi connectivity index (χ2v) is 9.04. The van der Waals surface area contributed by atoms with Crippen molar-refractivity contribution < 1.29 is 19.1 Å². The molecule has 0 unspecified atom stereocenters. The molecule has 7 nitrogen and oxygen atoms in total. The molecule has 0 radical (unpaired) electrons. The lowest BCUT2D eigenvalue weighted by Gasteiger charge is -2.12. The summed E-state index contributed by atoms with van der Waals surface area (Å²) < 4.78 is 7.21. The van der Waals surface area contributed by atoms with E-state index >= 15 is 0 Å². The van der Waals surface area contributed by atoms with E-state index in [9.17, 15) is 14.4 Å². The number of aromatic nitrogens is 1.